The standard InChI is InChI=1S/C25H29FN6O6/c1-16(33)27-14-19-15-31(25(36)38-19)18-5-6-21(20(26)13-18)30-10-9-28-32(12-11-30)24(35)29-17-3-7-22(34)23(37-2)8-4-17/h3-8,13,19,28H,9-12,14-15H2,1-2H3,(H,27,33)(H,29,35)/t19-/m0/s1. The summed E-state index contributed by atoms with van der Waals surface area (Å²) in [7, 11) is 1.39. The van der Waals surface area contributed by atoms with E-state index in [-0.39, 0.29) is 36.7 Å². The zero-order valence-electron chi connectivity index (χ0n) is 21.0. The zero-order valence-corrected chi connectivity index (χ0v) is 21.0. The van der Waals surface area contributed by atoms with Crippen LogP contribution in [0.5, 0.6) is 5.75 Å². The van der Waals surface area contributed by atoms with E-state index in [0.717, 1.165) is 0 Å². The Bertz CT molecular complexity index is 1280. The van der Waals surface area contributed by atoms with Crippen LogP contribution in [0.1, 0.15) is 6.92 Å². The molecule has 2 aliphatic heterocycles. The molecule has 0 spiro atoms. The average molecular weight is 529 g/mol. The number of halogens is 1. The molecule has 0 aliphatic carbocycles. The van der Waals surface area contributed by atoms with Gasteiger partial charge in [-0.1, -0.05) is 0 Å². The lowest BCUT2D eigenvalue weighted by molar-refractivity contribution is -0.119. The van der Waals surface area contributed by atoms with Crippen LogP contribution in [0, 0.1) is 5.82 Å². The van der Waals surface area contributed by atoms with Gasteiger partial charge in [0.2, 0.25) is 11.3 Å². The lowest BCUT2D eigenvalue weighted by Crippen LogP contribution is -2.46. The van der Waals surface area contributed by atoms with Crippen molar-refractivity contribution in [1.29, 1.82) is 0 Å². The molecular weight excluding hydrogens is 499 g/mol. The van der Waals surface area contributed by atoms with E-state index in [4.69, 9.17) is 9.47 Å². The number of nitrogens with zero attached hydrogens (tertiary/aromatic N) is 3. The second-order valence-corrected chi connectivity index (χ2v) is 8.72. The predicted molar refractivity (Wildman–Crippen MR) is 138 cm³/mol. The van der Waals surface area contributed by atoms with Crippen molar-refractivity contribution in [1.82, 2.24) is 15.8 Å². The van der Waals surface area contributed by atoms with Gasteiger partial charge < -0.3 is 25.0 Å². The van der Waals surface area contributed by atoms with Crippen molar-refractivity contribution in [3.63, 3.8) is 0 Å². The number of hydrogen-bond acceptors (Lipinski definition) is 8. The quantitative estimate of drug-likeness (QED) is 0.514. The van der Waals surface area contributed by atoms with Crippen LogP contribution in [0.2, 0.25) is 0 Å². The minimum Gasteiger partial charge on any atom is -0.493 e. The van der Waals surface area contributed by atoms with Gasteiger partial charge in [-0.05, 0) is 42.5 Å². The topological polar surface area (TPSA) is 133 Å². The van der Waals surface area contributed by atoms with Gasteiger partial charge in [0.25, 0.3) is 0 Å². The molecule has 202 valence electrons. The minimum absolute atomic E-state index is 0.161. The van der Waals surface area contributed by atoms with Gasteiger partial charge in [0, 0.05) is 32.2 Å². The largest absolute Gasteiger partial charge is 0.493 e. The first-order chi connectivity index (χ1) is 18.2. The number of benzene rings is 1. The summed E-state index contributed by atoms with van der Waals surface area (Å²) in [6.07, 6.45) is -1.13. The Balaban J connectivity index is 1.37. The predicted octanol–water partition coefficient (Wildman–Crippen LogP) is 1.51. The third-order valence-corrected chi connectivity index (χ3v) is 6.10. The molecule has 3 N–H and O–H groups in total. The molecule has 0 unspecified atom stereocenters. The summed E-state index contributed by atoms with van der Waals surface area (Å²) in [6, 6.07) is 9.91. The van der Waals surface area contributed by atoms with E-state index in [1.165, 1.54) is 48.2 Å². The normalized spacial score (nSPS) is 17.5. The molecule has 1 atom stereocenters. The van der Waals surface area contributed by atoms with Crippen molar-refractivity contribution < 1.29 is 28.2 Å². The van der Waals surface area contributed by atoms with E-state index < -0.39 is 24.0 Å². The fraction of sp³-hybridized carbons (Fsp3) is 0.360. The van der Waals surface area contributed by atoms with Crippen LogP contribution in [0.3, 0.4) is 0 Å². The number of methoxy groups -OCH3 is 1. The van der Waals surface area contributed by atoms with Crippen LogP contribution >= 0.6 is 0 Å². The van der Waals surface area contributed by atoms with Gasteiger partial charge in [0.05, 0.1) is 38.1 Å². The Morgan fingerprint density at radius 2 is 1.92 bits per heavy atom. The molecule has 0 radical (unpaired) electrons. The summed E-state index contributed by atoms with van der Waals surface area (Å²) in [6.45, 7) is 3.16. The third-order valence-electron chi connectivity index (χ3n) is 6.10. The lowest BCUT2D eigenvalue weighted by atomic mass is 10.2. The van der Waals surface area contributed by atoms with E-state index >= 15 is 4.39 Å². The Labute approximate surface area is 218 Å². The lowest BCUT2D eigenvalue weighted by Gasteiger charge is -2.24. The van der Waals surface area contributed by atoms with Gasteiger partial charge in [0.1, 0.15) is 11.9 Å². The van der Waals surface area contributed by atoms with Gasteiger partial charge in [0.15, 0.2) is 5.75 Å². The van der Waals surface area contributed by atoms with Crippen molar-refractivity contribution in [2.45, 2.75) is 13.0 Å². The molecule has 2 aromatic rings. The number of carbonyl (C=O) groups excluding carboxylic acids is 3. The number of hydrogen-bond donors (Lipinski definition) is 3. The first-order valence-corrected chi connectivity index (χ1v) is 12.0. The van der Waals surface area contributed by atoms with Crippen LogP contribution in [0.4, 0.5) is 31.0 Å². The monoisotopic (exact) mass is 528 g/mol. The third kappa shape index (κ3) is 6.29. The van der Waals surface area contributed by atoms with Gasteiger partial charge in [-0.2, -0.15) is 0 Å². The Morgan fingerprint density at radius 1 is 1.13 bits per heavy atom. The molecule has 0 aromatic heterocycles. The van der Waals surface area contributed by atoms with E-state index in [1.807, 2.05) is 0 Å². The maximum atomic E-state index is 15.1. The van der Waals surface area contributed by atoms with E-state index in [9.17, 15) is 19.2 Å². The highest BCUT2D eigenvalue weighted by molar-refractivity contribution is 5.90. The van der Waals surface area contributed by atoms with E-state index in [1.54, 1.807) is 23.1 Å². The summed E-state index contributed by atoms with van der Waals surface area (Å²) < 4.78 is 25.4. The number of cyclic esters (lactones) is 1. The van der Waals surface area contributed by atoms with E-state index in [2.05, 4.69) is 16.1 Å². The molecule has 2 aromatic carbocycles. The van der Waals surface area contributed by atoms with Crippen molar-refractivity contribution in [3.05, 3.63) is 58.5 Å². The van der Waals surface area contributed by atoms with Crippen LogP contribution in [0.25, 0.3) is 0 Å². The number of rotatable bonds is 6. The second-order valence-electron chi connectivity index (χ2n) is 8.72. The maximum absolute atomic E-state index is 15.1. The smallest absolute Gasteiger partial charge is 0.414 e. The van der Waals surface area contributed by atoms with Crippen LogP contribution in [-0.4, -0.2) is 75.5 Å². The minimum atomic E-state index is -0.606. The molecule has 12 nitrogen and oxygen atoms in total. The van der Waals surface area contributed by atoms with Gasteiger partial charge in [-0.15, -0.1) is 0 Å². The SMILES string of the molecule is COc1ccc(NC(=O)N2CCN(c3ccc(N4C[C@H](CNC(C)=O)OC4=O)cc3F)CCN2)ccc1=O. The first-order valence-electron chi connectivity index (χ1n) is 12.0. The molecule has 13 heteroatoms. The summed E-state index contributed by atoms with van der Waals surface area (Å²) in [5, 5.41) is 6.73. The fourth-order valence-electron chi connectivity index (χ4n) is 4.16. The Hall–Kier alpha value is -4.39. The van der Waals surface area contributed by atoms with Crippen LogP contribution < -0.4 is 36.0 Å². The second kappa shape index (κ2) is 11.8. The fourth-order valence-corrected chi connectivity index (χ4v) is 4.16. The summed E-state index contributed by atoms with van der Waals surface area (Å²) in [5.74, 6) is -0.586. The molecule has 2 fully saturated rings. The molecular formula is C25H29FN6O6. The number of anilines is 3. The first kappa shape index (κ1) is 26.7. The number of nitrogens with one attached hydrogen (secondary N) is 3. The molecule has 0 bridgehead atoms. The molecule has 2 saturated heterocycles. The number of hydrazine groups is 1. The highest BCUT2D eigenvalue weighted by Crippen LogP contribution is 2.28. The highest BCUT2D eigenvalue weighted by Gasteiger charge is 2.33. The van der Waals surface area contributed by atoms with Crippen LogP contribution in [0.15, 0.2) is 47.3 Å². The highest BCUT2D eigenvalue weighted by atomic mass is 19.1. The summed E-state index contributed by atoms with van der Waals surface area (Å²) in [4.78, 5) is 51.1. The molecule has 0 saturated carbocycles. The van der Waals surface area contributed by atoms with Gasteiger partial charge in [-0.3, -0.25) is 19.5 Å². The molecule has 2 heterocycles. The molecule has 2 aliphatic rings. The average Bonchev–Trinajstić information content (AvgIpc) is 3.02. The van der Waals surface area contributed by atoms with Crippen molar-refractivity contribution in [2.75, 3.05) is 61.5 Å². The van der Waals surface area contributed by atoms with E-state index in [0.29, 0.717) is 36.7 Å². The number of amides is 4. The number of carbonyl (C=O) groups is 3. The zero-order chi connectivity index (χ0) is 27.2. The molecule has 4 amide bonds. The van der Waals surface area contributed by atoms with Gasteiger partial charge >= 0.3 is 12.1 Å². The Morgan fingerprint density at radius 3 is 2.66 bits per heavy atom. The summed E-state index contributed by atoms with van der Waals surface area (Å²) in [5.41, 5.74) is 3.82. The number of ether oxygens (including phenoxy) is 2. The molecule has 4 rings (SSSR count). The molecule has 38 heavy (non-hydrogen) atoms. The summed E-state index contributed by atoms with van der Waals surface area (Å²) >= 11 is 0. The maximum Gasteiger partial charge on any atom is 0.414 e. The van der Waals surface area contributed by atoms with Crippen molar-refractivity contribution in [2.24, 2.45) is 0 Å². The van der Waals surface area contributed by atoms with Crippen molar-refractivity contribution in [3.8, 4) is 5.75 Å². The van der Waals surface area contributed by atoms with Crippen molar-refractivity contribution >= 4 is 35.1 Å². The number of urea groups is 1. The van der Waals surface area contributed by atoms with Crippen LogP contribution in [-0.2, 0) is 9.53 Å². The van der Waals surface area contributed by atoms with Gasteiger partial charge in [-0.25, -0.2) is 19.4 Å². The Kier molecular flexibility index (Phi) is 8.26.